The molecule has 0 radical (unpaired) electrons. The minimum absolute atomic E-state index is 0.0644. The Kier molecular flexibility index (Phi) is 5.03. The molecule has 154 valence electrons. The highest BCUT2D eigenvalue weighted by Crippen LogP contribution is 2.40. The fraction of sp³-hybridized carbons (Fsp3) is 0.190. The first-order valence-corrected chi connectivity index (χ1v) is 9.13. The number of halogens is 3. The molecule has 0 spiro atoms. The van der Waals surface area contributed by atoms with Gasteiger partial charge in [-0.3, -0.25) is 14.6 Å². The summed E-state index contributed by atoms with van der Waals surface area (Å²) >= 11 is 0. The number of benzene rings is 1. The van der Waals surface area contributed by atoms with Crippen LogP contribution in [-0.2, 0) is 6.42 Å². The molecular weight excluding hydrogens is 399 g/mol. The van der Waals surface area contributed by atoms with E-state index in [1.807, 2.05) is 0 Å². The second-order valence-electron chi connectivity index (χ2n) is 6.75. The van der Waals surface area contributed by atoms with Crippen LogP contribution in [0.1, 0.15) is 33.9 Å². The molecule has 2 aromatic heterocycles. The van der Waals surface area contributed by atoms with Crippen molar-refractivity contribution in [3.8, 4) is 5.75 Å². The number of aromatic nitrogens is 2. The SMILES string of the molecule is O=C(Nc1ccncc1)c1cccn(C2CCc3c(OC(F)(F)F)cccc32)c1=O. The first-order valence-electron chi connectivity index (χ1n) is 9.13. The van der Waals surface area contributed by atoms with Crippen molar-refractivity contribution in [1.82, 2.24) is 9.55 Å². The molecule has 0 fully saturated rings. The number of alkyl halides is 3. The summed E-state index contributed by atoms with van der Waals surface area (Å²) in [4.78, 5) is 29.4. The number of hydrogen-bond donors (Lipinski definition) is 1. The molecule has 1 unspecified atom stereocenters. The van der Waals surface area contributed by atoms with E-state index >= 15 is 0 Å². The Balaban J connectivity index is 1.66. The van der Waals surface area contributed by atoms with Gasteiger partial charge < -0.3 is 14.6 Å². The van der Waals surface area contributed by atoms with Gasteiger partial charge >= 0.3 is 6.36 Å². The number of carbonyl (C=O) groups is 1. The number of hydrogen-bond acceptors (Lipinski definition) is 4. The summed E-state index contributed by atoms with van der Waals surface area (Å²) in [6, 6.07) is 10.1. The minimum atomic E-state index is -4.80. The summed E-state index contributed by atoms with van der Waals surface area (Å²) in [6.07, 6.45) is 0.497. The summed E-state index contributed by atoms with van der Waals surface area (Å²) in [5, 5.41) is 2.63. The monoisotopic (exact) mass is 415 g/mol. The summed E-state index contributed by atoms with van der Waals surface area (Å²) in [5.74, 6) is -0.838. The molecule has 9 heteroatoms. The van der Waals surface area contributed by atoms with Crippen LogP contribution < -0.4 is 15.6 Å². The highest BCUT2D eigenvalue weighted by molar-refractivity contribution is 6.03. The van der Waals surface area contributed by atoms with E-state index in [2.05, 4.69) is 15.0 Å². The molecule has 0 saturated heterocycles. The lowest BCUT2D eigenvalue weighted by molar-refractivity contribution is -0.274. The standard InChI is InChI=1S/C21H16F3N3O3/c22-21(23,24)30-18-5-1-3-14-15(18)6-7-17(14)27-12-2-4-16(20(27)29)19(28)26-13-8-10-25-11-9-13/h1-5,8-12,17H,6-7H2,(H,25,26,28). The molecular formula is C21H16F3N3O3. The number of rotatable bonds is 4. The second kappa shape index (κ2) is 7.66. The van der Waals surface area contributed by atoms with E-state index in [9.17, 15) is 22.8 Å². The van der Waals surface area contributed by atoms with Crippen molar-refractivity contribution in [3.05, 3.63) is 88.1 Å². The van der Waals surface area contributed by atoms with Gasteiger partial charge in [0.05, 0.1) is 6.04 Å². The Hall–Kier alpha value is -3.62. The topological polar surface area (TPSA) is 73.2 Å². The van der Waals surface area contributed by atoms with Gasteiger partial charge in [-0.05, 0) is 54.3 Å². The van der Waals surface area contributed by atoms with Crippen LogP contribution in [0.3, 0.4) is 0 Å². The third-order valence-corrected chi connectivity index (χ3v) is 4.91. The first-order chi connectivity index (χ1) is 14.3. The van der Waals surface area contributed by atoms with Crippen LogP contribution in [-0.4, -0.2) is 21.8 Å². The Morgan fingerprint density at radius 1 is 1.13 bits per heavy atom. The van der Waals surface area contributed by atoms with E-state index in [0.29, 0.717) is 29.7 Å². The first kappa shape index (κ1) is 19.7. The average Bonchev–Trinajstić information content (AvgIpc) is 3.13. The normalized spacial score (nSPS) is 15.5. The third-order valence-electron chi connectivity index (χ3n) is 4.91. The maximum absolute atomic E-state index is 13.0. The van der Waals surface area contributed by atoms with E-state index in [-0.39, 0.29) is 11.3 Å². The molecule has 0 saturated carbocycles. The van der Waals surface area contributed by atoms with Crippen molar-refractivity contribution in [2.75, 3.05) is 5.32 Å². The maximum atomic E-state index is 13.0. The Labute approximate surface area is 168 Å². The maximum Gasteiger partial charge on any atom is 0.573 e. The number of ether oxygens (including phenoxy) is 1. The summed E-state index contributed by atoms with van der Waals surface area (Å²) < 4.78 is 43.6. The molecule has 1 aliphatic carbocycles. The molecule has 1 aliphatic rings. The fourth-order valence-electron chi connectivity index (χ4n) is 3.67. The number of anilines is 1. The molecule has 0 aliphatic heterocycles. The average molecular weight is 415 g/mol. The molecule has 1 N–H and O–H groups in total. The van der Waals surface area contributed by atoms with Crippen molar-refractivity contribution < 1.29 is 22.7 Å². The molecule has 4 rings (SSSR count). The van der Waals surface area contributed by atoms with Crippen LogP contribution in [0, 0.1) is 0 Å². The number of nitrogens with one attached hydrogen (secondary N) is 1. The predicted molar refractivity (Wildman–Crippen MR) is 102 cm³/mol. The summed E-state index contributed by atoms with van der Waals surface area (Å²) in [5.41, 5.74) is 0.892. The van der Waals surface area contributed by atoms with Gasteiger partial charge in [-0.1, -0.05) is 12.1 Å². The van der Waals surface area contributed by atoms with Crippen LogP contribution in [0.25, 0.3) is 0 Å². The van der Waals surface area contributed by atoms with E-state index < -0.39 is 23.9 Å². The largest absolute Gasteiger partial charge is 0.573 e. The van der Waals surface area contributed by atoms with E-state index in [4.69, 9.17) is 0 Å². The van der Waals surface area contributed by atoms with Crippen molar-refractivity contribution in [2.45, 2.75) is 25.2 Å². The van der Waals surface area contributed by atoms with Gasteiger partial charge in [-0.25, -0.2) is 0 Å². The van der Waals surface area contributed by atoms with Gasteiger partial charge in [-0.15, -0.1) is 13.2 Å². The zero-order valence-corrected chi connectivity index (χ0v) is 15.5. The lowest BCUT2D eigenvalue weighted by Gasteiger charge is -2.17. The zero-order chi connectivity index (χ0) is 21.3. The Morgan fingerprint density at radius 3 is 2.63 bits per heavy atom. The van der Waals surface area contributed by atoms with Gasteiger partial charge in [0, 0.05) is 24.3 Å². The minimum Gasteiger partial charge on any atom is -0.405 e. The van der Waals surface area contributed by atoms with Crippen molar-refractivity contribution >= 4 is 11.6 Å². The number of nitrogens with zero attached hydrogens (tertiary/aromatic N) is 2. The van der Waals surface area contributed by atoms with Crippen LogP contribution in [0.2, 0.25) is 0 Å². The van der Waals surface area contributed by atoms with Gasteiger partial charge in [0.1, 0.15) is 11.3 Å². The van der Waals surface area contributed by atoms with Crippen LogP contribution in [0.4, 0.5) is 18.9 Å². The number of pyridine rings is 2. The quantitative estimate of drug-likeness (QED) is 0.701. The van der Waals surface area contributed by atoms with Crippen LogP contribution in [0.5, 0.6) is 5.75 Å². The van der Waals surface area contributed by atoms with Crippen LogP contribution in [0.15, 0.2) is 65.8 Å². The smallest absolute Gasteiger partial charge is 0.405 e. The summed E-state index contributed by atoms with van der Waals surface area (Å²) in [7, 11) is 0. The molecule has 0 bridgehead atoms. The highest BCUT2D eigenvalue weighted by atomic mass is 19.4. The van der Waals surface area contributed by atoms with Crippen molar-refractivity contribution in [1.29, 1.82) is 0 Å². The molecule has 1 atom stereocenters. The predicted octanol–water partition coefficient (Wildman–Crippen LogP) is 3.93. The molecule has 1 amide bonds. The number of amides is 1. The van der Waals surface area contributed by atoms with Gasteiger partial charge in [0.25, 0.3) is 11.5 Å². The summed E-state index contributed by atoms with van der Waals surface area (Å²) in [6.45, 7) is 0. The van der Waals surface area contributed by atoms with Crippen LogP contribution >= 0.6 is 0 Å². The molecule has 1 aromatic carbocycles. The van der Waals surface area contributed by atoms with Crippen molar-refractivity contribution in [2.24, 2.45) is 0 Å². The zero-order valence-electron chi connectivity index (χ0n) is 15.5. The highest BCUT2D eigenvalue weighted by Gasteiger charge is 2.35. The van der Waals surface area contributed by atoms with E-state index in [1.165, 1.54) is 41.4 Å². The molecule has 2 heterocycles. The lowest BCUT2D eigenvalue weighted by atomic mass is 10.1. The number of fused-ring (bicyclic) bond motifs is 1. The van der Waals surface area contributed by atoms with E-state index in [0.717, 1.165) is 0 Å². The van der Waals surface area contributed by atoms with Gasteiger partial charge in [0.2, 0.25) is 0 Å². The number of carbonyl (C=O) groups excluding carboxylic acids is 1. The lowest BCUT2D eigenvalue weighted by Crippen LogP contribution is -2.31. The fourth-order valence-corrected chi connectivity index (χ4v) is 3.67. The van der Waals surface area contributed by atoms with E-state index in [1.54, 1.807) is 24.3 Å². The van der Waals surface area contributed by atoms with Gasteiger partial charge in [-0.2, -0.15) is 0 Å². The van der Waals surface area contributed by atoms with Crippen molar-refractivity contribution in [3.63, 3.8) is 0 Å². The molecule has 30 heavy (non-hydrogen) atoms. The molecule has 3 aromatic rings. The Bertz CT molecular complexity index is 1140. The third kappa shape index (κ3) is 3.91. The Morgan fingerprint density at radius 2 is 1.90 bits per heavy atom. The second-order valence-corrected chi connectivity index (χ2v) is 6.75. The van der Waals surface area contributed by atoms with Gasteiger partial charge in [0.15, 0.2) is 0 Å². The molecule has 6 nitrogen and oxygen atoms in total.